The second kappa shape index (κ2) is 12.9. The van der Waals surface area contributed by atoms with Gasteiger partial charge in [-0.3, -0.25) is 14.6 Å². The van der Waals surface area contributed by atoms with Crippen LogP contribution in [-0.4, -0.2) is 67.1 Å². The van der Waals surface area contributed by atoms with E-state index in [2.05, 4.69) is 30.8 Å². The van der Waals surface area contributed by atoms with Gasteiger partial charge >= 0.3 is 6.03 Å². The van der Waals surface area contributed by atoms with Crippen LogP contribution in [0.5, 0.6) is 0 Å². The van der Waals surface area contributed by atoms with Crippen molar-refractivity contribution in [3.05, 3.63) is 89.9 Å². The number of morpholine rings is 1. The van der Waals surface area contributed by atoms with E-state index in [0.717, 1.165) is 18.9 Å². The molecular weight excluding hydrogens is 472 g/mol. The van der Waals surface area contributed by atoms with Crippen LogP contribution in [0.25, 0.3) is 6.08 Å². The first-order valence-corrected chi connectivity index (χ1v) is 11.9. The zero-order valence-electron chi connectivity index (χ0n) is 20.2. The van der Waals surface area contributed by atoms with Gasteiger partial charge in [-0.15, -0.1) is 0 Å². The number of ether oxygens (including phenoxy) is 1. The number of carbonyl (C=O) groups excluding carboxylic acids is 3. The van der Waals surface area contributed by atoms with E-state index in [-0.39, 0.29) is 24.8 Å². The zero-order chi connectivity index (χ0) is 25.9. The molecule has 0 saturated carbocycles. The molecule has 0 unspecified atom stereocenters. The van der Waals surface area contributed by atoms with Crippen molar-refractivity contribution in [2.75, 3.05) is 49.6 Å². The van der Waals surface area contributed by atoms with Gasteiger partial charge in [-0.1, -0.05) is 6.07 Å². The lowest BCUT2D eigenvalue weighted by Crippen LogP contribution is -2.36. The van der Waals surface area contributed by atoms with Crippen LogP contribution in [0.15, 0.2) is 73.1 Å². The molecule has 1 saturated heterocycles. The molecule has 1 aliphatic rings. The number of pyridine rings is 2. The number of hydrogen-bond donors (Lipinski definition) is 3. The Kier molecular flexibility index (Phi) is 8.92. The summed E-state index contributed by atoms with van der Waals surface area (Å²) in [5.74, 6) is 0.437. The fraction of sp³-hybridized carbons (Fsp3) is 0.222. The quantitative estimate of drug-likeness (QED) is 0.234. The summed E-state index contributed by atoms with van der Waals surface area (Å²) < 4.78 is 5.38. The van der Waals surface area contributed by atoms with Crippen LogP contribution in [0, 0.1) is 0 Å². The molecule has 3 heterocycles. The number of carbonyl (C=O) groups is 3. The number of amides is 3. The van der Waals surface area contributed by atoms with E-state index < -0.39 is 6.03 Å². The molecule has 0 radical (unpaired) electrons. The van der Waals surface area contributed by atoms with E-state index in [0.29, 0.717) is 35.7 Å². The lowest BCUT2D eigenvalue weighted by atomic mass is 10.1. The molecule has 1 fully saturated rings. The fourth-order valence-corrected chi connectivity index (χ4v) is 3.60. The Labute approximate surface area is 214 Å². The summed E-state index contributed by atoms with van der Waals surface area (Å²) in [6, 6.07) is 15.2. The third-order valence-corrected chi connectivity index (χ3v) is 5.54. The van der Waals surface area contributed by atoms with Crippen LogP contribution in [0.3, 0.4) is 0 Å². The monoisotopic (exact) mass is 500 g/mol. The number of anilines is 2. The molecule has 0 aliphatic carbocycles. The van der Waals surface area contributed by atoms with Gasteiger partial charge in [0.2, 0.25) is 0 Å². The summed E-state index contributed by atoms with van der Waals surface area (Å²) in [5.41, 5.74) is 2.18. The van der Waals surface area contributed by atoms with E-state index in [1.807, 2.05) is 18.2 Å². The van der Waals surface area contributed by atoms with Crippen LogP contribution in [0.4, 0.5) is 16.3 Å². The summed E-state index contributed by atoms with van der Waals surface area (Å²) in [4.78, 5) is 47.3. The number of nitrogens with one attached hydrogen (secondary N) is 3. The Bertz CT molecular complexity index is 1240. The average molecular weight is 501 g/mol. The summed E-state index contributed by atoms with van der Waals surface area (Å²) in [7, 11) is 0. The molecule has 3 amide bonds. The molecule has 0 atom stereocenters. The smallest absolute Gasteiger partial charge is 0.319 e. The van der Waals surface area contributed by atoms with E-state index in [9.17, 15) is 14.4 Å². The zero-order valence-corrected chi connectivity index (χ0v) is 20.2. The number of hydrogen-bond acceptors (Lipinski definition) is 7. The van der Waals surface area contributed by atoms with Crippen LogP contribution in [0.1, 0.15) is 26.4 Å². The molecule has 190 valence electrons. The van der Waals surface area contributed by atoms with E-state index >= 15 is 0 Å². The molecule has 0 spiro atoms. The average Bonchev–Trinajstić information content (AvgIpc) is 2.95. The first-order valence-electron chi connectivity index (χ1n) is 11.9. The van der Waals surface area contributed by atoms with E-state index in [4.69, 9.17) is 4.74 Å². The SMILES string of the molecule is O=C(NCCNC(=O)c1cccnc1)Nc1ccc(C(=O)C=Cc2cccc(N3CCOCC3)n2)cc1. The second-order valence-electron chi connectivity index (χ2n) is 8.17. The fourth-order valence-electron chi connectivity index (χ4n) is 3.60. The highest BCUT2D eigenvalue weighted by Gasteiger charge is 2.12. The Balaban J connectivity index is 1.22. The van der Waals surface area contributed by atoms with Gasteiger partial charge in [0, 0.05) is 49.8 Å². The number of aromatic nitrogens is 2. The van der Waals surface area contributed by atoms with Crippen molar-refractivity contribution >= 4 is 35.3 Å². The number of ketones is 1. The minimum absolute atomic E-state index is 0.168. The Morgan fingerprint density at radius 1 is 0.919 bits per heavy atom. The summed E-state index contributed by atoms with van der Waals surface area (Å²) in [6.45, 7) is 3.46. The number of urea groups is 1. The minimum Gasteiger partial charge on any atom is -0.378 e. The highest BCUT2D eigenvalue weighted by Crippen LogP contribution is 2.15. The van der Waals surface area contributed by atoms with Gasteiger partial charge in [0.1, 0.15) is 5.82 Å². The van der Waals surface area contributed by atoms with Crippen molar-refractivity contribution in [2.45, 2.75) is 0 Å². The molecule has 1 aliphatic heterocycles. The number of nitrogens with zero attached hydrogens (tertiary/aromatic N) is 3. The molecular formula is C27H28N6O4. The van der Waals surface area contributed by atoms with Gasteiger partial charge in [0.05, 0.1) is 24.5 Å². The molecule has 3 N–H and O–H groups in total. The molecule has 10 heteroatoms. The van der Waals surface area contributed by atoms with Crippen LogP contribution in [0.2, 0.25) is 0 Å². The number of benzene rings is 1. The third kappa shape index (κ3) is 7.71. The third-order valence-electron chi connectivity index (χ3n) is 5.54. The van der Waals surface area contributed by atoms with Crippen LogP contribution >= 0.6 is 0 Å². The van der Waals surface area contributed by atoms with Gasteiger partial charge in [0.25, 0.3) is 5.91 Å². The Morgan fingerprint density at radius 2 is 1.70 bits per heavy atom. The first-order chi connectivity index (χ1) is 18.1. The number of allylic oxidation sites excluding steroid dienone is 1. The normalized spacial score (nSPS) is 13.2. The van der Waals surface area contributed by atoms with Crippen molar-refractivity contribution in [3.63, 3.8) is 0 Å². The summed E-state index contributed by atoms with van der Waals surface area (Å²) in [6.07, 6.45) is 6.24. The predicted molar refractivity (Wildman–Crippen MR) is 141 cm³/mol. The molecule has 2 aromatic heterocycles. The lowest BCUT2D eigenvalue weighted by Gasteiger charge is -2.27. The second-order valence-corrected chi connectivity index (χ2v) is 8.17. The minimum atomic E-state index is -0.416. The van der Waals surface area contributed by atoms with Crippen molar-refractivity contribution in [2.24, 2.45) is 0 Å². The maximum absolute atomic E-state index is 12.6. The maximum atomic E-state index is 12.6. The Morgan fingerprint density at radius 3 is 2.46 bits per heavy atom. The summed E-state index contributed by atoms with van der Waals surface area (Å²) in [5, 5.41) is 8.07. The number of rotatable bonds is 9. The van der Waals surface area contributed by atoms with Crippen molar-refractivity contribution in [1.82, 2.24) is 20.6 Å². The van der Waals surface area contributed by atoms with Crippen molar-refractivity contribution in [1.29, 1.82) is 0 Å². The standard InChI is InChI=1S/C27H28N6O4/c34-24(11-10-22-4-1-5-25(31-22)33-15-17-37-18-16-33)20-6-8-23(9-7-20)32-27(36)30-14-13-29-26(35)21-3-2-12-28-19-21/h1-12,19H,13-18H2,(H,29,35)(H2,30,32,36). The van der Waals surface area contributed by atoms with Crippen molar-refractivity contribution < 1.29 is 19.1 Å². The van der Waals surface area contributed by atoms with Gasteiger partial charge in [0.15, 0.2) is 5.78 Å². The molecule has 3 aromatic rings. The van der Waals surface area contributed by atoms with Crippen LogP contribution in [-0.2, 0) is 4.74 Å². The molecule has 10 nitrogen and oxygen atoms in total. The summed E-state index contributed by atoms with van der Waals surface area (Å²) >= 11 is 0. The molecule has 37 heavy (non-hydrogen) atoms. The largest absolute Gasteiger partial charge is 0.378 e. The Hall–Kier alpha value is -4.57. The molecule has 1 aromatic carbocycles. The van der Waals surface area contributed by atoms with Crippen molar-refractivity contribution in [3.8, 4) is 0 Å². The predicted octanol–water partition coefficient (Wildman–Crippen LogP) is 2.76. The van der Waals surface area contributed by atoms with Gasteiger partial charge < -0.3 is 25.6 Å². The lowest BCUT2D eigenvalue weighted by molar-refractivity contribution is 0.0953. The highest BCUT2D eigenvalue weighted by molar-refractivity contribution is 6.07. The highest BCUT2D eigenvalue weighted by atomic mass is 16.5. The maximum Gasteiger partial charge on any atom is 0.319 e. The van der Waals surface area contributed by atoms with Gasteiger partial charge in [-0.05, 0) is 60.7 Å². The first kappa shape index (κ1) is 25.5. The van der Waals surface area contributed by atoms with E-state index in [1.165, 1.54) is 12.3 Å². The molecule has 0 bridgehead atoms. The van der Waals surface area contributed by atoms with E-state index in [1.54, 1.807) is 48.7 Å². The topological polar surface area (TPSA) is 126 Å². The van der Waals surface area contributed by atoms with Crippen LogP contribution < -0.4 is 20.9 Å². The van der Waals surface area contributed by atoms with Gasteiger partial charge in [-0.2, -0.15) is 0 Å². The van der Waals surface area contributed by atoms with Gasteiger partial charge in [-0.25, -0.2) is 9.78 Å². The molecule has 4 rings (SSSR count).